The van der Waals surface area contributed by atoms with Gasteiger partial charge in [-0.2, -0.15) is 0 Å². The van der Waals surface area contributed by atoms with Crippen LogP contribution in [0.25, 0.3) is 0 Å². The van der Waals surface area contributed by atoms with Gasteiger partial charge in [-0.1, -0.05) is 30.3 Å². The van der Waals surface area contributed by atoms with Gasteiger partial charge < -0.3 is 10.1 Å². The van der Waals surface area contributed by atoms with E-state index in [1.807, 2.05) is 74.7 Å². The molecule has 0 bridgehead atoms. The minimum Gasteiger partial charge on any atom is -0.489 e. The van der Waals surface area contributed by atoms with Crippen LogP contribution in [0, 0.1) is 20.8 Å². The van der Waals surface area contributed by atoms with Crippen molar-refractivity contribution in [1.82, 2.24) is 0 Å². The Morgan fingerprint density at radius 2 is 1.80 bits per heavy atom. The Balaban J connectivity index is 1.65. The van der Waals surface area contributed by atoms with E-state index >= 15 is 0 Å². The number of benzene rings is 2. The molecule has 1 N–H and O–H groups in total. The molecule has 0 aliphatic carbocycles. The Bertz CT molecular complexity index is 898. The predicted octanol–water partition coefficient (Wildman–Crippen LogP) is 5.50. The Morgan fingerprint density at radius 1 is 1.04 bits per heavy atom. The molecule has 3 rings (SSSR count). The van der Waals surface area contributed by atoms with E-state index in [-0.39, 0.29) is 5.91 Å². The molecule has 3 nitrogen and oxygen atoms in total. The monoisotopic (exact) mass is 351 g/mol. The number of ether oxygens (including phenoxy) is 1. The average molecular weight is 351 g/mol. The highest BCUT2D eigenvalue weighted by Crippen LogP contribution is 2.23. The van der Waals surface area contributed by atoms with Crippen LogP contribution < -0.4 is 10.1 Å². The molecule has 128 valence electrons. The number of hydrogen-bond donors (Lipinski definition) is 1. The summed E-state index contributed by atoms with van der Waals surface area (Å²) < 4.78 is 5.84. The smallest absolute Gasteiger partial charge is 0.265 e. The van der Waals surface area contributed by atoms with Crippen molar-refractivity contribution in [2.75, 3.05) is 5.32 Å². The second-order valence-corrected chi connectivity index (χ2v) is 6.99. The number of hydrogen-bond acceptors (Lipinski definition) is 3. The Morgan fingerprint density at radius 3 is 2.60 bits per heavy atom. The van der Waals surface area contributed by atoms with E-state index in [2.05, 4.69) is 5.32 Å². The van der Waals surface area contributed by atoms with Crippen LogP contribution in [0.15, 0.2) is 53.9 Å². The fourth-order valence-corrected chi connectivity index (χ4v) is 3.31. The summed E-state index contributed by atoms with van der Waals surface area (Å²) in [6, 6.07) is 15.7. The van der Waals surface area contributed by atoms with Crippen LogP contribution in [0.1, 0.15) is 31.9 Å². The highest BCUT2D eigenvalue weighted by atomic mass is 32.1. The van der Waals surface area contributed by atoms with Crippen LogP contribution in [0.4, 0.5) is 5.69 Å². The Kier molecular flexibility index (Phi) is 5.19. The second-order valence-electron chi connectivity index (χ2n) is 6.07. The van der Waals surface area contributed by atoms with Gasteiger partial charge in [0.15, 0.2) is 0 Å². The van der Waals surface area contributed by atoms with E-state index in [4.69, 9.17) is 4.74 Å². The molecule has 25 heavy (non-hydrogen) atoms. The van der Waals surface area contributed by atoms with Crippen LogP contribution >= 0.6 is 11.3 Å². The SMILES string of the molecule is Cc1ccccc1OCc1csc(C(=O)Nc2cccc(C)c2C)c1. The molecule has 0 spiro atoms. The molecule has 0 aliphatic rings. The fourth-order valence-electron chi connectivity index (χ4n) is 2.52. The molecule has 3 aromatic rings. The molecule has 0 unspecified atom stereocenters. The van der Waals surface area contributed by atoms with Gasteiger partial charge in [0.2, 0.25) is 0 Å². The van der Waals surface area contributed by atoms with Crippen molar-refractivity contribution in [2.45, 2.75) is 27.4 Å². The highest BCUT2D eigenvalue weighted by molar-refractivity contribution is 7.12. The number of carbonyl (C=O) groups excluding carboxylic acids is 1. The first kappa shape index (κ1) is 17.2. The molecule has 0 fully saturated rings. The molecule has 0 atom stereocenters. The Labute approximate surface area is 152 Å². The minimum absolute atomic E-state index is 0.0826. The van der Waals surface area contributed by atoms with Crippen molar-refractivity contribution in [3.63, 3.8) is 0 Å². The number of rotatable bonds is 5. The molecular weight excluding hydrogens is 330 g/mol. The number of aryl methyl sites for hydroxylation is 2. The van der Waals surface area contributed by atoms with Gasteiger partial charge in [0.05, 0.1) is 4.88 Å². The van der Waals surface area contributed by atoms with Gasteiger partial charge in [-0.15, -0.1) is 11.3 Å². The summed E-state index contributed by atoms with van der Waals surface area (Å²) >= 11 is 1.43. The summed E-state index contributed by atoms with van der Waals surface area (Å²) in [4.78, 5) is 13.2. The maximum Gasteiger partial charge on any atom is 0.265 e. The molecule has 1 aromatic heterocycles. The van der Waals surface area contributed by atoms with Crippen molar-refractivity contribution in [3.8, 4) is 5.75 Å². The zero-order valence-electron chi connectivity index (χ0n) is 14.6. The lowest BCUT2D eigenvalue weighted by atomic mass is 10.1. The van der Waals surface area contributed by atoms with E-state index in [1.165, 1.54) is 11.3 Å². The van der Waals surface area contributed by atoms with Crippen molar-refractivity contribution in [3.05, 3.63) is 81.0 Å². The topological polar surface area (TPSA) is 38.3 Å². The number of para-hydroxylation sites is 1. The van der Waals surface area contributed by atoms with Gasteiger partial charge in [-0.25, -0.2) is 0 Å². The molecule has 0 aliphatic heterocycles. The molecule has 0 radical (unpaired) electrons. The first-order valence-electron chi connectivity index (χ1n) is 8.18. The van der Waals surface area contributed by atoms with Crippen molar-refractivity contribution < 1.29 is 9.53 Å². The third-order valence-electron chi connectivity index (χ3n) is 4.22. The highest BCUT2D eigenvalue weighted by Gasteiger charge is 2.12. The lowest BCUT2D eigenvalue weighted by Crippen LogP contribution is -2.11. The molecule has 2 aromatic carbocycles. The normalized spacial score (nSPS) is 10.5. The molecule has 0 saturated carbocycles. The van der Waals surface area contributed by atoms with Gasteiger partial charge in [0.1, 0.15) is 12.4 Å². The van der Waals surface area contributed by atoms with Gasteiger partial charge >= 0.3 is 0 Å². The molecule has 4 heteroatoms. The van der Waals surface area contributed by atoms with Crippen molar-refractivity contribution in [1.29, 1.82) is 0 Å². The first-order valence-corrected chi connectivity index (χ1v) is 9.06. The standard InChI is InChI=1S/C21H21NO2S/c1-14-8-6-9-18(16(14)3)22-21(23)20-11-17(13-25-20)12-24-19-10-5-4-7-15(19)2/h4-11,13H,12H2,1-3H3,(H,22,23). The van der Waals surface area contributed by atoms with E-state index in [9.17, 15) is 4.79 Å². The van der Waals surface area contributed by atoms with E-state index < -0.39 is 0 Å². The molecule has 0 saturated heterocycles. The maximum atomic E-state index is 12.5. The summed E-state index contributed by atoms with van der Waals surface area (Å²) in [5.74, 6) is 0.788. The van der Waals surface area contributed by atoms with Crippen molar-refractivity contribution >= 4 is 22.9 Å². The average Bonchev–Trinajstić information content (AvgIpc) is 3.07. The maximum absolute atomic E-state index is 12.5. The van der Waals surface area contributed by atoms with Crippen LogP contribution in [0.2, 0.25) is 0 Å². The summed E-state index contributed by atoms with van der Waals surface area (Å²) in [6.07, 6.45) is 0. The Hall–Kier alpha value is -2.59. The summed E-state index contributed by atoms with van der Waals surface area (Å²) in [6.45, 7) is 6.53. The lowest BCUT2D eigenvalue weighted by Gasteiger charge is -2.09. The number of nitrogens with one attached hydrogen (secondary N) is 1. The quantitative estimate of drug-likeness (QED) is 0.659. The van der Waals surface area contributed by atoms with E-state index in [0.717, 1.165) is 33.7 Å². The molecule has 1 heterocycles. The van der Waals surface area contributed by atoms with Crippen molar-refractivity contribution in [2.24, 2.45) is 0 Å². The first-order chi connectivity index (χ1) is 12.0. The molecule has 1 amide bonds. The zero-order valence-corrected chi connectivity index (χ0v) is 15.4. The van der Waals surface area contributed by atoms with E-state index in [0.29, 0.717) is 11.5 Å². The van der Waals surface area contributed by atoms with Gasteiger partial charge in [0, 0.05) is 11.3 Å². The summed E-state index contributed by atoms with van der Waals surface area (Å²) in [5.41, 5.74) is 5.22. The van der Waals surface area contributed by atoms with E-state index in [1.54, 1.807) is 0 Å². The largest absolute Gasteiger partial charge is 0.489 e. The number of amides is 1. The predicted molar refractivity (Wildman–Crippen MR) is 104 cm³/mol. The van der Waals surface area contributed by atoms with Crippen LogP contribution in [-0.2, 0) is 6.61 Å². The zero-order chi connectivity index (χ0) is 17.8. The van der Waals surface area contributed by atoms with Gasteiger partial charge in [-0.3, -0.25) is 4.79 Å². The van der Waals surface area contributed by atoms with Crippen LogP contribution in [0.5, 0.6) is 5.75 Å². The second kappa shape index (κ2) is 7.53. The minimum atomic E-state index is -0.0826. The summed E-state index contributed by atoms with van der Waals surface area (Å²) in [5, 5.41) is 4.96. The summed E-state index contributed by atoms with van der Waals surface area (Å²) in [7, 11) is 0. The van der Waals surface area contributed by atoms with Gasteiger partial charge in [-0.05, 0) is 61.0 Å². The number of carbonyl (C=O) groups is 1. The van der Waals surface area contributed by atoms with Crippen LogP contribution in [-0.4, -0.2) is 5.91 Å². The van der Waals surface area contributed by atoms with Crippen LogP contribution in [0.3, 0.4) is 0 Å². The molecular formula is C21H21NO2S. The lowest BCUT2D eigenvalue weighted by molar-refractivity contribution is 0.103. The fraction of sp³-hybridized carbons (Fsp3) is 0.190. The third kappa shape index (κ3) is 4.09. The van der Waals surface area contributed by atoms with Gasteiger partial charge in [0.25, 0.3) is 5.91 Å². The number of thiophene rings is 1. The third-order valence-corrected chi connectivity index (χ3v) is 5.20. The number of anilines is 1.